The number of hydrogen-bond donors (Lipinski definition) is 0. The van der Waals surface area contributed by atoms with Gasteiger partial charge in [0.05, 0.1) is 0 Å². The van der Waals surface area contributed by atoms with Crippen molar-refractivity contribution in [3.05, 3.63) is 188 Å². The highest BCUT2D eigenvalue weighted by Gasteiger charge is 2.22. The molecule has 0 fully saturated rings. The number of pyridine rings is 1. The van der Waals surface area contributed by atoms with Crippen LogP contribution in [0.25, 0.3) is 28.2 Å². The third kappa shape index (κ3) is 5.51. The van der Waals surface area contributed by atoms with Gasteiger partial charge in [0.15, 0.2) is 5.65 Å². The van der Waals surface area contributed by atoms with Gasteiger partial charge >= 0.3 is 0 Å². The Bertz CT molecular complexity index is 2050. The van der Waals surface area contributed by atoms with E-state index in [-0.39, 0.29) is 0 Å². The Morgan fingerprint density at radius 1 is 0.404 bits per heavy atom. The van der Waals surface area contributed by atoms with Crippen molar-refractivity contribution in [3.8, 4) is 17.1 Å². The maximum atomic E-state index is 5.21. The fourth-order valence-electron chi connectivity index (χ4n) is 6.11. The van der Waals surface area contributed by atoms with Crippen LogP contribution in [0, 0.1) is 0 Å². The largest absolute Gasteiger partial charge is 0.310 e. The summed E-state index contributed by atoms with van der Waals surface area (Å²) >= 11 is 0. The third-order valence-corrected chi connectivity index (χ3v) is 8.17. The van der Waals surface area contributed by atoms with Crippen molar-refractivity contribution < 1.29 is 0 Å². The SMILES string of the molecule is c1ccc(N(c2ccccc2)c2cc(-c3nc4cccnc4n3-c3ccccc3)cc(N(c3ccccc3)c3ccccc3)c2)cc1. The number of rotatable bonds is 8. The van der Waals surface area contributed by atoms with Crippen molar-refractivity contribution in [1.29, 1.82) is 0 Å². The lowest BCUT2D eigenvalue weighted by atomic mass is 10.1. The van der Waals surface area contributed by atoms with E-state index in [2.05, 4.69) is 178 Å². The Morgan fingerprint density at radius 2 is 0.830 bits per heavy atom. The van der Waals surface area contributed by atoms with E-state index in [1.807, 2.05) is 24.4 Å². The molecule has 5 nitrogen and oxygen atoms in total. The molecule has 0 radical (unpaired) electrons. The summed E-state index contributed by atoms with van der Waals surface area (Å²) in [7, 11) is 0. The summed E-state index contributed by atoms with van der Waals surface area (Å²) in [6, 6.07) is 63.1. The van der Waals surface area contributed by atoms with Gasteiger partial charge in [-0.1, -0.05) is 91.0 Å². The second-order valence-electron chi connectivity index (χ2n) is 11.2. The zero-order chi connectivity index (χ0) is 31.4. The molecule has 0 atom stereocenters. The fourth-order valence-corrected chi connectivity index (χ4v) is 6.11. The van der Waals surface area contributed by atoms with Crippen LogP contribution in [0.15, 0.2) is 188 Å². The van der Waals surface area contributed by atoms with Crippen LogP contribution >= 0.6 is 0 Å². The summed E-state index contributed by atoms with van der Waals surface area (Å²) in [6.07, 6.45) is 1.83. The van der Waals surface area contributed by atoms with Crippen molar-refractivity contribution in [2.75, 3.05) is 9.80 Å². The molecule has 0 N–H and O–H groups in total. The van der Waals surface area contributed by atoms with Gasteiger partial charge in [-0.25, -0.2) is 9.97 Å². The zero-order valence-corrected chi connectivity index (χ0v) is 25.6. The maximum Gasteiger partial charge on any atom is 0.164 e. The third-order valence-electron chi connectivity index (χ3n) is 8.17. The van der Waals surface area contributed by atoms with Crippen LogP contribution in [0.2, 0.25) is 0 Å². The van der Waals surface area contributed by atoms with Gasteiger partial charge in [-0.3, -0.25) is 4.57 Å². The molecule has 0 aliphatic carbocycles. The Morgan fingerprint density at radius 3 is 1.28 bits per heavy atom. The Labute approximate surface area is 274 Å². The number of fused-ring (bicyclic) bond motifs is 1. The van der Waals surface area contributed by atoms with Crippen molar-refractivity contribution in [3.63, 3.8) is 0 Å². The summed E-state index contributed by atoms with van der Waals surface area (Å²) in [5.74, 6) is 0.815. The summed E-state index contributed by atoms with van der Waals surface area (Å²) in [6.45, 7) is 0. The lowest BCUT2D eigenvalue weighted by Gasteiger charge is -2.30. The highest BCUT2D eigenvalue weighted by Crippen LogP contribution is 2.43. The van der Waals surface area contributed by atoms with Crippen LogP contribution in [0.3, 0.4) is 0 Å². The maximum absolute atomic E-state index is 5.21. The minimum atomic E-state index is 0.812. The minimum Gasteiger partial charge on any atom is -0.310 e. The topological polar surface area (TPSA) is 37.2 Å². The van der Waals surface area contributed by atoms with E-state index in [1.165, 1.54) is 0 Å². The molecule has 0 aliphatic rings. The van der Waals surface area contributed by atoms with Crippen molar-refractivity contribution in [2.45, 2.75) is 0 Å². The van der Waals surface area contributed by atoms with E-state index in [9.17, 15) is 0 Å². The van der Waals surface area contributed by atoms with E-state index in [1.54, 1.807) is 0 Å². The Balaban J connectivity index is 1.44. The van der Waals surface area contributed by atoms with Crippen molar-refractivity contribution >= 4 is 45.3 Å². The summed E-state index contributed by atoms with van der Waals surface area (Å²) in [5.41, 5.74) is 9.87. The molecular formula is C42H31N5. The molecule has 0 amide bonds. The second-order valence-corrected chi connectivity index (χ2v) is 11.2. The van der Waals surface area contributed by atoms with Crippen LogP contribution < -0.4 is 9.80 Å². The lowest BCUT2D eigenvalue weighted by molar-refractivity contribution is 1.08. The van der Waals surface area contributed by atoms with Gasteiger partial charge in [0.1, 0.15) is 11.3 Å². The molecule has 2 aromatic heterocycles. The molecule has 0 aliphatic heterocycles. The average Bonchev–Trinajstić information content (AvgIpc) is 3.54. The van der Waals surface area contributed by atoms with Gasteiger partial charge in [0.25, 0.3) is 0 Å². The monoisotopic (exact) mass is 605 g/mol. The molecule has 0 bridgehead atoms. The summed E-state index contributed by atoms with van der Waals surface area (Å²) < 4.78 is 2.16. The molecule has 47 heavy (non-hydrogen) atoms. The van der Waals surface area contributed by atoms with E-state index >= 15 is 0 Å². The van der Waals surface area contributed by atoms with Crippen LogP contribution in [-0.4, -0.2) is 14.5 Å². The molecule has 2 heterocycles. The predicted octanol–water partition coefficient (Wildman–Crippen LogP) is 11.0. The van der Waals surface area contributed by atoms with Crippen LogP contribution in [0.1, 0.15) is 0 Å². The van der Waals surface area contributed by atoms with Crippen LogP contribution in [-0.2, 0) is 0 Å². The van der Waals surface area contributed by atoms with Gasteiger partial charge in [-0.2, -0.15) is 0 Å². The van der Waals surface area contributed by atoms with Crippen LogP contribution in [0.5, 0.6) is 0 Å². The first-order valence-corrected chi connectivity index (χ1v) is 15.7. The number of para-hydroxylation sites is 5. The number of hydrogen-bond acceptors (Lipinski definition) is 4. The minimum absolute atomic E-state index is 0.812. The standard InChI is InChI=1S/C42H31N5/c1-6-17-33(18-7-1)45(34-19-8-2-9-20-34)38-29-32(41-44-40-27-16-28-43-42(40)47(41)37-25-14-5-15-26-37)30-39(31-38)46(35-21-10-3-11-22-35)36-23-12-4-13-24-36/h1-31H. The highest BCUT2D eigenvalue weighted by molar-refractivity contribution is 5.88. The molecule has 8 aromatic rings. The van der Waals surface area contributed by atoms with E-state index in [0.29, 0.717) is 0 Å². The summed E-state index contributed by atoms with van der Waals surface area (Å²) in [5, 5.41) is 0. The predicted molar refractivity (Wildman–Crippen MR) is 194 cm³/mol. The molecule has 0 unspecified atom stereocenters. The van der Waals surface area contributed by atoms with Crippen LogP contribution in [0.4, 0.5) is 34.1 Å². The first-order valence-electron chi connectivity index (χ1n) is 15.7. The number of nitrogens with zero attached hydrogens (tertiary/aromatic N) is 5. The van der Waals surface area contributed by atoms with Gasteiger partial charge in [-0.05, 0) is 91.0 Å². The average molecular weight is 606 g/mol. The first-order chi connectivity index (χ1) is 23.3. The highest BCUT2D eigenvalue weighted by atomic mass is 15.2. The second kappa shape index (κ2) is 12.5. The fraction of sp³-hybridized carbons (Fsp3) is 0. The van der Waals surface area contributed by atoms with Gasteiger partial charge in [-0.15, -0.1) is 0 Å². The van der Waals surface area contributed by atoms with Gasteiger partial charge < -0.3 is 9.80 Å². The normalized spacial score (nSPS) is 11.0. The Kier molecular flexibility index (Phi) is 7.46. The van der Waals surface area contributed by atoms with E-state index < -0.39 is 0 Å². The van der Waals surface area contributed by atoms with E-state index in [0.717, 1.165) is 62.4 Å². The first kappa shape index (κ1) is 28.0. The number of imidazole rings is 1. The lowest BCUT2D eigenvalue weighted by Crippen LogP contribution is -2.14. The van der Waals surface area contributed by atoms with Gasteiger partial charge in [0.2, 0.25) is 0 Å². The summed E-state index contributed by atoms with van der Waals surface area (Å²) in [4.78, 5) is 14.6. The molecule has 6 aromatic carbocycles. The quantitative estimate of drug-likeness (QED) is 0.173. The van der Waals surface area contributed by atoms with E-state index in [4.69, 9.17) is 9.97 Å². The Hall–Kier alpha value is -6.46. The van der Waals surface area contributed by atoms with Crippen molar-refractivity contribution in [2.24, 2.45) is 0 Å². The number of anilines is 6. The molecule has 0 spiro atoms. The zero-order valence-electron chi connectivity index (χ0n) is 25.6. The van der Waals surface area contributed by atoms with Gasteiger partial charge in [0, 0.05) is 51.6 Å². The molecule has 8 rings (SSSR count). The molecular weight excluding hydrogens is 574 g/mol. The molecule has 224 valence electrons. The molecule has 0 saturated carbocycles. The molecule has 5 heteroatoms. The molecule has 0 saturated heterocycles. The number of benzene rings is 6. The smallest absolute Gasteiger partial charge is 0.164 e. The van der Waals surface area contributed by atoms with Crippen molar-refractivity contribution in [1.82, 2.24) is 14.5 Å². The number of aromatic nitrogens is 3.